The van der Waals surface area contributed by atoms with Gasteiger partial charge in [0.1, 0.15) is 5.82 Å². The molecule has 2 aromatic carbocycles. The zero-order chi connectivity index (χ0) is 25.1. The van der Waals surface area contributed by atoms with Crippen LogP contribution in [0.2, 0.25) is 5.02 Å². The van der Waals surface area contributed by atoms with Crippen LogP contribution in [-0.2, 0) is 24.7 Å². The molecule has 9 heteroatoms. The summed E-state index contributed by atoms with van der Waals surface area (Å²) in [4.78, 5) is 4.42. The molecule has 0 aliphatic carbocycles. The summed E-state index contributed by atoms with van der Waals surface area (Å²) in [5.41, 5.74) is -0.557. The van der Waals surface area contributed by atoms with Crippen LogP contribution in [0.3, 0.4) is 0 Å². The summed E-state index contributed by atoms with van der Waals surface area (Å²) in [7, 11) is 0. The second-order valence-electron chi connectivity index (χ2n) is 8.08. The molecule has 0 amide bonds. The highest BCUT2D eigenvalue weighted by atomic mass is 35.5. The van der Waals surface area contributed by atoms with Crippen LogP contribution in [-0.4, -0.2) is 4.98 Å². The fourth-order valence-corrected chi connectivity index (χ4v) is 4.05. The first-order chi connectivity index (χ1) is 16.7. The molecule has 1 atom stereocenters. The second-order valence-corrected chi connectivity index (χ2v) is 8.51. The number of halogens is 5. The number of hydrogen-bond donors (Lipinski definition) is 1. The van der Waals surface area contributed by atoms with Crippen molar-refractivity contribution in [2.45, 2.75) is 24.7 Å². The van der Waals surface area contributed by atoms with Crippen molar-refractivity contribution in [3.8, 4) is 0 Å². The topological polar surface area (TPSA) is 51.9 Å². The van der Waals surface area contributed by atoms with Crippen molar-refractivity contribution in [3.63, 3.8) is 0 Å². The minimum atomic E-state index is -4.75. The quantitative estimate of drug-likeness (QED) is 0.198. The smallest absolute Gasteiger partial charge is 0.416 e. The van der Waals surface area contributed by atoms with E-state index in [0.717, 1.165) is 17.7 Å². The molecule has 0 fully saturated rings. The van der Waals surface area contributed by atoms with Crippen LogP contribution in [0.15, 0.2) is 91.4 Å². The Balaban J connectivity index is 1.92. The average molecular weight is 502 g/mol. The first-order valence-electron chi connectivity index (χ1n) is 10.6. The van der Waals surface area contributed by atoms with Crippen molar-refractivity contribution in [3.05, 3.63) is 135 Å². The fraction of sp³-hybridized carbons (Fsp3) is 0.154. The van der Waals surface area contributed by atoms with Gasteiger partial charge in [-0.15, -0.1) is 0 Å². The van der Waals surface area contributed by atoms with E-state index in [2.05, 4.69) is 10.3 Å². The third kappa shape index (κ3) is 5.78. The lowest BCUT2D eigenvalue weighted by molar-refractivity contribution is -0.605. The summed E-state index contributed by atoms with van der Waals surface area (Å²) in [6, 6.07) is 18.0. The van der Waals surface area contributed by atoms with E-state index >= 15 is 0 Å². The molecule has 4 nitrogen and oxygen atoms in total. The van der Waals surface area contributed by atoms with E-state index in [0.29, 0.717) is 27.1 Å². The van der Waals surface area contributed by atoms with Gasteiger partial charge in [-0.05, 0) is 47.0 Å². The van der Waals surface area contributed by atoms with E-state index in [-0.39, 0.29) is 18.5 Å². The van der Waals surface area contributed by atoms with Gasteiger partial charge in [0.15, 0.2) is 12.4 Å². The van der Waals surface area contributed by atoms with Crippen molar-refractivity contribution in [2.75, 3.05) is 0 Å². The lowest BCUT2D eigenvalue weighted by atomic mass is 9.79. The molecule has 0 spiro atoms. The Labute approximate surface area is 204 Å². The Morgan fingerprint density at radius 2 is 1.57 bits per heavy atom. The molecule has 0 bridgehead atoms. The van der Waals surface area contributed by atoms with Gasteiger partial charge in [-0.1, -0.05) is 41.9 Å². The Kier molecular flexibility index (Phi) is 7.05. The molecule has 2 heterocycles. The van der Waals surface area contributed by atoms with Gasteiger partial charge in [-0.2, -0.15) is 17.9 Å². The van der Waals surface area contributed by atoms with Crippen LogP contribution in [0.25, 0.3) is 0 Å². The van der Waals surface area contributed by atoms with E-state index < -0.39 is 23.1 Å². The molecule has 0 saturated carbocycles. The summed E-state index contributed by atoms with van der Waals surface area (Å²) in [5, 5.41) is 15.1. The highest BCUT2D eigenvalue weighted by Crippen LogP contribution is 2.38. The molecule has 0 saturated heterocycles. The van der Waals surface area contributed by atoms with Crippen molar-refractivity contribution in [1.29, 1.82) is 0 Å². The first kappa shape index (κ1) is 24.6. The zero-order valence-corrected chi connectivity index (χ0v) is 19.0. The third-order valence-electron chi connectivity index (χ3n) is 5.66. The molecule has 35 heavy (non-hydrogen) atoms. The van der Waals surface area contributed by atoms with E-state index in [9.17, 15) is 22.8 Å². The Hall–Kier alpha value is -3.49. The highest BCUT2D eigenvalue weighted by molar-refractivity contribution is 6.30. The van der Waals surface area contributed by atoms with Crippen LogP contribution in [0.4, 0.5) is 17.6 Å². The van der Waals surface area contributed by atoms with Crippen LogP contribution >= 0.6 is 11.6 Å². The predicted octanol–water partition coefficient (Wildman–Crippen LogP) is 5.80. The minimum absolute atomic E-state index is 0.0540. The van der Waals surface area contributed by atoms with E-state index in [1.54, 1.807) is 24.3 Å². The summed E-state index contributed by atoms with van der Waals surface area (Å²) in [5.74, 6) is -1.02. The van der Waals surface area contributed by atoms with E-state index in [1.807, 2.05) is 30.3 Å². The second kappa shape index (κ2) is 10.0. The van der Waals surface area contributed by atoms with Gasteiger partial charge in [0.25, 0.3) is 0 Å². The van der Waals surface area contributed by atoms with Gasteiger partial charge in [-0.25, -0.2) is 4.39 Å². The lowest BCUT2D eigenvalue weighted by Gasteiger charge is -2.36. The maximum absolute atomic E-state index is 14.6. The van der Waals surface area contributed by atoms with E-state index in [4.69, 9.17) is 11.6 Å². The lowest BCUT2D eigenvalue weighted by Crippen LogP contribution is -2.46. The first-order valence-corrected chi connectivity index (χ1v) is 11.0. The average Bonchev–Trinajstić information content (AvgIpc) is 2.83. The molecule has 0 aliphatic rings. The number of rotatable bonds is 7. The Morgan fingerprint density at radius 3 is 2.20 bits per heavy atom. The number of nitrogens with zero attached hydrogens (tertiary/aromatic N) is 2. The molecule has 4 aromatic rings. The number of pyridine rings is 2. The van der Waals surface area contributed by atoms with Crippen molar-refractivity contribution >= 4 is 11.6 Å². The molecule has 0 radical (unpaired) electrons. The number of alkyl halides is 3. The number of hydrogen-bond acceptors (Lipinski definition) is 3. The summed E-state index contributed by atoms with van der Waals surface area (Å²) in [6.45, 7) is 0.163. The van der Waals surface area contributed by atoms with Gasteiger partial charge in [0.05, 0.1) is 21.8 Å². The maximum atomic E-state index is 14.6. The normalized spacial score (nSPS) is 13.4. The molecule has 1 unspecified atom stereocenters. The summed E-state index contributed by atoms with van der Waals surface area (Å²) in [6.07, 6.45) is -0.548. The number of aromatic nitrogens is 2. The van der Waals surface area contributed by atoms with Crippen molar-refractivity contribution < 1.29 is 22.3 Å². The largest absolute Gasteiger partial charge is 0.619 e. The number of nitrogens with one attached hydrogen (secondary N) is 1. The van der Waals surface area contributed by atoms with Gasteiger partial charge < -0.3 is 5.21 Å². The van der Waals surface area contributed by atoms with Gasteiger partial charge >= 0.3 is 6.18 Å². The Morgan fingerprint density at radius 1 is 0.886 bits per heavy atom. The monoisotopic (exact) mass is 501 g/mol. The van der Waals surface area contributed by atoms with Gasteiger partial charge in [0, 0.05) is 31.3 Å². The van der Waals surface area contributed by atoms with Gasteiger partial charge in [0.2, 0.25) is 0 Å². The standard InChI is InChI=1S/C26H20ClF4N3O/c27-22-6-7-24(32-17-22)25(15-18-4-2-1-3-5-18,33-16-19-8-10-34(35)11-9-19)20-12-21(26(29,30)31)14-23(28)13-20/h1-14,17,33H,15-16H2. The highest BCUT2D eigenvalue weighted by Gasteiger charge is 2.39. The molecule has 180 valence electrons. The fourth-order valence-electron chi connectivity index (χ4n) is 3.94. The predicted molar refractivity (Wildman–Crippen MR) is 124 cm³/mol. The summed E-state index contributed by atoms with van der Waals surface area (Å²) < 4.78 is 56.2. The van der Waals surface area contributed by atoms with Crippen LogP contribution in [0.5, 0.6) is 0 Å². The van der Waals surface area contributed by atoms with Gasteiger partial charge in [-0.3, -0.25) is 10.3 Å². The zero-order valence-electron chi connectivity index (χ0n) is 18.3. The van der Waals surface area contributed by atoms with E-state index in [1.165, 1.54) is 18.6 Å². The Bertz CT molecular complexity index is 1280. The molecule has 4 rings (SSSR count). The van der Waals surface area contributed by atoms with Crippen LogP contribution in [0, 0.1) is 11.0 Å². The summed E-state index contributed by atoms with van der Waals surface area (Å²) >= 11 is 6.04. The number of benzene rings is 2. The van der Waals surface area contributed by atoms with Crippen LogP contribution < -0.4 is 10.0 Å². The molecular weight excluding hydrogens is 482 g/mol. The molecule has 1 N–H and O–H groups in total. The maximum Gasteiger partial charge on any atom is 0.416 e. The molecule has 2 aromatic heterocycles. The third-order valence-corrected chi connectivity index (χ3v) is 5.88. The van der Waals surface area contributed by atoms with Crippen LogP contribution in [0.1, 0.15) is 27.9 Å². The van der Waals surface area contributed by atoms with Crippen molar-refractivity contribution in [2.24, 2.45) is 0 Å². The SMILES string of the molecule is [O-][n+]1ccc(CNC(Cc2ccccc2)(c2cc(F)cc(C(F)(F)F)c2)c2ccc(Cl)cn2)cc1. The molecule has 0 aliphatic heterocycles. The minimum Gasteiger partial charge on any atom is -0.619 e. The van der Waals surface area contributed by atoms with Crippen molar-refractivity contribution in [1.82, 2.24) is 10.3 Å². The molecular formula is C26H20ClF4N3O.